The van der Waals surface area contributed by atoms with Gasteiger partial charge in [-0.05, 0) is 42.8 Å². The third kappa shape index (κ3) is 4.25. The molecule has 1 saturated heterocycles. The van der Waals surface area contributed by atoms with Crippen molar-refractivity contribution >= 4 is 34.2 Å². The summed E-state index contributed by atoms with van der Waals surface area (Å²) in [6.07, 6.45) is 3.11. The maximum atomic E-state index is 12.4. The van der Waals surface area contributed by atoms with Gasteiger partial charge in [-0.1, -0.05) is 18.2 Å². The highest BCUT2D eigenvalue weighted by Crippen LogP contribution is 2.21. The largest absolute Gasteiger partial charge is 0.356 e. The van der Waals surface area contributed by atoms with Gasteiger partial charge in [-0.2, -0.15) is 0 Å². The average Bonchev–Trinajstić information content (AvgIpc) is 3.40. The van der Waals surface area contributed by atoms with Crippen molar-refractivity contribution in [1.29, 1.82) is 0 Å². The molecule has 28 heavy (non-hydrogen) atoms. The van der Waals surface area contributed by atoms with Crippen LogP contribution < -0.4 is 5.32 Å². The van der Waals surface area contributed by atoms with Crippen LogP contribution in [0.15, 0.2) is 41.8 Å². The summed E-state index contributed by atoms with van der Waals surface area (Å²) in [5, 5.41) is 4.96. The van der Waals surface area contributed by atoms with Crippen molar-refractivity contribution in [2.45, 2.75) is 25.7 Å². The Balaban J connectivity index is 1.18. The Labute approximate surface area is 168 Å². The maximum Gasteiger partial charge on any atom is 0.263 e. The molecule has 0 unspecified atom stereocenters. The van der Waals surface area contributed by atoms with Gasteiger partial charge in [0.25, 0.3) is 5.91 Å². The number of benzene rings is 1. The zero-order valence-electron chi connectivity index (χ0n) is 15.7. The van der Waals surface area contributed by atoms with Gasteiger partial charge >= 0.3 is 0 Å². The summed E-state index contributed by atoms with van der Waals surface area (Å²) in [6.45, 7) is 1.94. The first-order valence-corrected chi connectivity index (χ1v) is 10.6. The van der Waals surface area contributed by atoms with Gasteiger partial charge in [-0.3, -0.25) is 9.59 Å². The summed E-state index contributed by atoms with van der Waals surface area (Å²) in [6, 6.07) is 11.7. The summed E-state index contributed by atoms with van der Waals surface area (Å²) >= 11 is 1.47. The van der Waals surface area contributed by atoms with Crippen LogP contribution in [-0.2, 0) is 11.2 Å². The normalized spacial score (nSPS) is 15.1. The molecule has 2 amide bonds. The molecule has 0 radical (unpaired) electrons. The van der Waals surface area contributed by atoms with E-state index in [-0.39, 0.29) is 17.7 Å². The number of hydrogen-bond donors (Lipinski definition) is 2. The molecule has 0 bridgehead atoms. The number of fused-ring (bicyclic) bond motifs is 1. The first-order valence-electron chi connectivity index (χ1n) is 9.75. The maximum absolute atomic E-state index is 12.4. The van der Waals surface area contributed by atoms with E-state index in [1.54, 1.807) is 0 Å². The van der Waals surface area contributed by atoms with E-state index in [2.05, 4.69) is 15.3 Å². The second-order valence-electron chi connectivity index (χ2n) is 7.14. The standard InChI is InChI=1S/C21H24N4O2S/c26-20(15-9-12-25(13-10-15)21(27)18-7-4-14-28-18)22-11-3-8-19-23-16-5-1-2-6-17(16)24-19/h1-2,4-7,14-15H,3,8-13H2,(H,22,26)(H,23,24). The molecule has 1 aliphatic rings. The SMILES string of the molecule is O=C(NCCCc1nc2ccccc2[nH]1)C1CCN(C(=O)c2cccs2)CC1. The van der Waals surface area contributed by atoms with Crippen molar-refractivity contribution in [3.8, 4) is 0 Å². The van der Waals surface area contributed by atoms with E-state index in [1.165, 1.54) is 11.3 Å². The van der Waals surface area contributed by atoms with Gasteiger partial charge < -0.3 is 15.2 Å². The number of amides is 2. The molecule has 1 aromatic carbocycles. The Morgan fingerprint density at radius 2 is 2.00 bits per heavy atom. The molecule has 0 aliphatic carbocycles. The van der Waals surface area contributed by atoms with Gasteiger partial charge in [-0.15, -0.1) is 11.3 Å². The van der Waals surface area contributed by atoms with E-state index in [4.69, 9.17) is 0 Å². The minimum absolute atomic E-state index is 0.00131. The molecular formula is C21H24N4O2S. The van der Waals surface area contributed by atoms with Crippen LogP contribution in [0.5, 0.6) is 0 Å². The van der Waals surface area contributed by atoms with Crippen LogP contribution in [0.1, 0.15) is 34.8 Å². The predicted molar refractivity (Wildman–Crippen MR) is 110 cm³/mol. The van der Waals surface area contributed by atoms with E-state index in [0.29, 0.717) is 19.6 Å². The minimum Gasteiger partial charge on any atom is -0.356 e. The number of piperidine rings is 1. The van der Waals surface area contributed by atoms with Gasteiger partial charge in [0.15, 0.2) is 0 Å². The number of imidazole rings is 1. The fraction of sp³-hybridized carbons (Fsp3) is 0.381. The number of carbonyl (C=O) groups is 2. The lowest BCUT2D eigenvalue weighted by Gasteiger charge is -2.31. The second kappa shape index (κ2) is 8.56. The van der Waals surface area contributed by atoms with Crippen LogP contribution in [-0.4, -0.2) is 46.3 Å². The number of H-pyrrole nitrogens is 1. The quantitative estimate of drug-likeness (QED) is 0.628. The molecule has 2 N–H and O–H groups in total. The van der Waals surface area contributed by atoms with Gasteiger partial charge in [0.1, 0.15) is 5.82 Å². The Bertz CT molecular complexity index is 909. The molecule has 6 nitrogen and oxygen atoms in total. The predicted octanol–water partition coefficient (Wildman–Crippen LogP) is 3.23. The number of rotatable bonds is 6. The summed E-state index contributed by atoms with van der Waals surface area (Å²) in [7, 11) is 0. The molecule has 1 fully saturated rings. The van der Waals surface area contributed by atoms with Gasteiger partial charge in [0.2, 0.25) is 5.91 Å². The zero-order chi connectivity index (χ0) is 19.3. The van der Waals surface area contributed by atoms with E-state index in [9.17, 15) is 9.59 Å². The van der Waals surface area contributed by atoms with Crippen molar-refractivity contribution in [2.24, 2.45) is 5.92 Å². The topological polar surface area (TPSA) is 78.1 Å². The van der Waals surface area contributed by atoms with Crippen molar-refractivity contribution in [3.63, 3.8) is 0 Å². The lowest BCUT2D eigenvalue weighted by Crippen LogP contribution is -2.43. The zero-order valence-corrected chi connectivity index (χ0v) is 16.5. The number of aromatic amines is 1. The van der Waals surface area contributed by atoms with E-state index < -0.39 is 0 Å². The summed E-state index contributed by atoms with van der Waals surface area (Å²) in [5.41, 5.74) is 2.02. The second-order valence-corrected chi connectivity index (χ2v) is 8.09. The van der Waals surface area contributed by atoms with E-state index >= 15 is 0 Å². The summed E-state index contributed by atoms with van der Waals surface area (Å²) in [5.74, 6) is 1.14. The highest BCUT2D eigenvalue weighted by atomic mass is 32.1. The molecule has 1 aliphatic heterocycles. The third-order valence-corrected chi connectivity index (χ3v) is 6.07. The first kappa shape index (κ1) is 18.7. The third-order valence-electron chi connectivity index (χ3n) is 5.21. The van der Waals surface area contributed by atoms with Crippen LogP contribution >= 0.6 is 11.3 Å². The Kier molecular flexibility index (Phi) is 5.71. The smallest absolute Gasteiger partial charge is 0.263 e. The van der Waals surface area contributed by atoms with Gasteiger partial charge in [0, 0.05) is 32.0 Å². The highest BCUT2D eigenvalue weighted by molar-refractivity contribution is 7.12. The minimum atomic E-state index is -0.00131. The van der Waals surface area contributed by atoms with Crippen molar-refractivity contribution in [2.75, 3.05) is 19.6 Å². The average molecular weight is 397 g/mol. The number of nitrogens with one attached hydrogen (secondary N) is 2. The lowest BCUT2D eigenvalue weighted by molar-refractivity contribution is -0.126. The van der Waals surface area contributed by atoms with E-state index in [0.717, 1.165) is 47.4 Å². The number of likely N-dealkylation sites (tertiary alicyclic amines) is 1. The number of aromatic nitrogens is 2. The van der Waals surface area contributed by atoms with Gasteiger partial charge in [-0.25, -0.2) is 4.98 Å². The van der Waals surface area contributed by atoms with Crippen LogP contribution in [0.3, 0.4) is 0 Å². The number of para-hydroxylation sites is 2. The number of nitrogens with zero attached hydrogens (tertiary/aromatic N) is 2. The molecule has 7 heteroatoms. The number of aryl methyl sites for hydroxylation is 1. The summed E-state index contributed by atoms with van der Waals surface area (Å²) < 4.78 is 0. The van der Waals surface area contributed by atoms with Crippen LogP contribution in [0, 0.1) is 5.92 Å². The molecule has 0 saturated carbocycles. The van der Waals surface area contributed by atoms with Crippen molar-refractivity contribution in [1.82, 2.24) is 20.2 Å². The van der Waals surface area contributed by atoms with Crippen LogP contribution in [0.25, 0.3) is 11.0 Å². The fourth-order valence-electron chi connectivity index (χ4n) is 3.64. The fourth-order valence-corrected chi connectivity index (χ4v) is 4.33. The molecule has 0 atom stereocenters. The lowest BCUT2D eigenvalue weighted by atomic mass is 9.95. The molecule has 3 heterocycles. The summed E-state index contributed by atoms with van der Waals surface area (Å²) in [4.78, 5) is 35.3. The van der Waals surface area contributed by atoms with Crippen molar-refractivity contribution in [3.05, 3.63) is 52.5 Å². The Hall–Kier alpha value is -2.67. The highest BCUT2D eigenvalue weighted by Gasteiger charge is 2.27. The Morgan fingerprint density at radius 3 is 2.75 bits per heavy atom. The van der Waals surface area contributed by atoms with Crippen LogP contribution in [0.2, 0.25) is 0 Å². The molecule has 146 valence electrons. The number of hydrogen-bond acceptors (Lipinski definition) is 4. The molecular weight excluding hydrogens is 372 g/mol. The molecule has 3 aromatic rings. The molecule has 2 aromatic heterocycles. The molecule has 4 rings (SSSR count). The molecule has 0 spiro atoms. The van der Waals surface area contributed by atoms with Gasteiger partial charge in [0.05, 0.1) is 15.9 Å². The van der Waals surface area contributed by atoms with E-state index in [1.807, 2.05) is 46.7 Å². The Morgan fingerprint density at radius 1 is 1.18 bits per heavy atom. The van der Waals surface area contributed by atoms with Crippen molar-refractivity contribution < 1.29 is 9.59 Å². The number of carbonyl (C=O) groups excluding carboxylic acids is 2. The number of thiophene rings is 1. The first-order chi connectivity index (χ1) is 13.7. The monoisotopic (exact) mass is 396 g/mol. The van der Waals surface area contributed by atoms with Crippen LogP contribution in [0.4, 0.5) is 0 Å².